The molecule has 0 N–H and O–H groups in total. The number of aromatic nitrogens is 1. The summed E-state index contributed by atoms with van der Waals surface area (Å²) in [6, 6.07) is 13.2. The highest BCUT2D eigenvalue weighted by Gasteiger charge is 2.13. The van der Waals surface area contributed by atoms with Gasteiger partial charge < -0.3 is 4.90 Å². The van der Waals surface area contributed by atoms with Crippen LogP contribution in [-0.2, 0) is 0 Å². The highest BCUT2D eigenvalue weighted by molar-refractivity contribution is 6.00. The average Bonchev–Trinajstić information content (AvgIpc) is 2.39. The van der Waals surface area contributed by atoms with Crippen LogP contribution in [0.4, 0.5) is 0 Å². The summed E-state index contributed by atoms with van der Waals surface area (Å²) in [6.45, 7) is 0. The molecule has 1 aromatic heterocycles. The number of pyridine rings is 1. The normalized spacial score (nSPS) is 10.0. The fourth-order valence-corrected chi connectivity index (χ4v) is 1.66. The Balaban J connectivity index is 2.52. The van der Waals surface area contributed by atoms with Crippen LogP contribution < -0.4 is 0 Å². The topological polar surface area (TPSA) is 33.2 Å². The molecule has 0 aliphatic heterocycles. The maximum atomic E-state index is 12.0. The first kappa shape index (κ1) is 11.3. The largest absolute Gasteiger partial charge is 0.345 e. The lowest BCUT2D eigenvalue weighted by Gasteiger charge is -2.13. The van der Waals surface area contributed by atoms with Gasteiger partial charge in [0.2, 0.25) is 0 Å². The van der Waals surface area contributed by atoms with Gasteiger partial charge in [-0.25, -0.2) is 0 Å². The Hall–Kier alpha value is -2.16. The van der Waals surface area contributed by atoms with Gasteiger partial charge in [-0.3, -0.25) is 9.78 Å². The summed E-state index contributed by atoms with van der Waals surface area (Å²) >= 11 is 0. The van der Waals surface area contributed by atoms with Crippen molar-refractivity contribution in [3.05, 3.63) is 54.2 Å². The van der Waals surface area contributed by atoms with Crippen LogP contribution in [0.25, 0.3) is 11.3 Å². The fraction of sp³-hybridized carbons (Fsp3) is 0.143. The van der Waals surface area contributed by atoms with Crippen LogP contribution in [0.2, 0.25) is 0 Å². The first-order valence-corrected chi connectivity index (χ1v) is 5.42. The van der Waals surface area contributed by atoms with Crippen molar-refractivity contribution in [3.8, 4) is 11.3 Å². The Bertz CT molecular complexity index is 521. The Kier molecular flexibility index (Phi) is 3.19. The van der Waals surface area contributed by atoms with Gasteiger partial charge in [-0.15, -0.1) is 0 Å². The van der Waals surface area contributed by atoms with Gasteiger partial charge in [-0.2, -0.15) is 0 Å². The van der Waals surface area contributed by atoms with Gasteiger partial charge in [0, 0.05) is 31.4 Å². The van der Waals surface area contributed by atoms with Crippen molar-refractivity contribution in [1.82, 2.24) is 9.88 Å². The van der Waals surface area contributed by atoms with Crippen molar-refractivity contribution in [1.29, 1.82) is 0 Å². The molecule has 0 atom stereocenters. The SMILES string of the molecule is CN(C)C(=O)c1ccccc1-c1ccccn1. The molecule has 0 saturated carbocycles. The summed E-state index contributed by atoms with van der Waals surface area (Å²) < 4.78 is 0. The first-order chi connectivity index (χ1) is 8.20. The van der Waals surface area contributed by atoms with E-state index in [0.717, 1.165) is 11.3 Å². The molecule has 2 aromatic rings. The van der Waals surface area contributed by atoms with Crippen LogP contribution in [0.3, 0.4) is 0 Å². The molecule has 2 rings (SSSR count). The number of nitrogens with zero attached hydrogens (tertiary/aromatic N) is 2. The van der Waals surface area contributed by atoms with E-state index in [4.69, 9.17) is 0 Å². The van der Waals surface area contributed by atoms with Crippen molar-refractivity contribution in [2.45, 2.75) is 0 Å². The van der Waals surface area contributed by atoms with E-state index >= 15 is 0 Å². The molecule has 1 aromatic carbocycles. The van der Waals surface area contributed by atoms with Crippen LogP contribution in [0.5, 0.6) is 0 Å². The standard InChI is InChI=1S/C14H14N2O/c1-16(2)14(17)12-8-4-3-7-11(12)13-9-5-6-10-15-13/h3-10H,1-2H3. The van der Waals surface area contributed by atoms with Gasteiger partial charge in [-0.05, 0) is 18.2 Å². The number of hydrogen-bond acceptors (Lipinski definition) is 2. The highest BCUT2D eigenvalue weighted by Crippen LogP contribution is 2.22. The van der Waals surface area contributed by atoms with Gasteiger partial charge >= 0.3 is 0 Å². The summed E-state index contributed by atoms with van der Waals surface area (Å²) in [6.07, 6.45) is 1.73. The molecule has 3 heteroatoms. The molecule has 0 unspecified atom stereocenters. The Labute approximate surface area is 101 Å². The summed E-state index contributed by atoms with van der Waals surface area (Å²) in [5.41, 5.74) is 2.36. The highest BCUT2D eigenvalue weighted by atomic mass is 16.2. The summed E-state index contributed by atoms with van der Waals surface area (Å²) in [5, 5.41) is 0. The molecule has 0 aliphatic rings. The molecule has 0 fully saturated rings. The van der Waals surface area contributed by atoms with Gasteiger partial charge in [0.1, 0.15) is 0 Å². The smallest absolute Gasteiger partial charge is 0.254 e. The van der Waals surface area contributed by atoms with E-state index in [9.17, 15) is 4.79 Å². The quantitative estimate of drug-likeness (QED) is 0.788. The lowest BCUT2D eigenvalue weighted by molar-refractivity contribution is 0.0828. The van der Waals surface area contributed by atoms with Crippen molar-refractivity contribution in [2.24, 2.45) is 0 Å². The number of carbonyl (C=O) groups excluding carboxylic acids is 1. The summed E-state index contributed by atoms with van der Waals surface area (Å²) in [4.78, 5) is 17.9. The van der Waals surface area contributed by atoms with E-state index in [2.05, 4.69) is 4.98 Å². The minimum atomic E-state index is -0.00810. The number of hydrogen-bond donors (Lipinski definition) is 0. The maximum Gasteiger partial charge on any atom is 0.254 e. The molecule has 0 bridgehead atoms. The first-order valence-electron chi connectivity index (χ1n) is 5.42. The van der Waals surface area contributed by atoms with E-state index in [0.29, 0.717) is 5.56 Å². The Morgan fingerprint density at radius 1 is 1.06 bits per heavy atom. The van der Waals surface area contributed by atoms with E-state index in [1.807, 2.05) is 42.5 Å². The predicted molar refractivity (Wildman–Crippen MR) is 67.7 cm³/mol. The number of benzene rings is 1. The monoisotopic (exact) mass is 226 g/mol. The fourth-order valence-electron chi connectivity index (χ4n) is 1.66. The van der Waals surface area contributed by atoms with Crippen LogP contribution in [-0.4, -0.2) is 29.9 Å². The van der Waals surface area contributed by atoms with Crippen LogP contribution in [0.1, 0.15) is 10.4 Å². The molecule has 0 aliphatic carbocycles. The molecule has 0 saturated heterocycles. The van der Waals surface area contributed by atoms with Crippen molar-refractivity contribution < 1.29 is 4.79 Å². The zero-order valence-electron chi connectivity index (χ0n) is 9.92. The average molecular weight is 226 g/mol. The molecule has 17 heavy (non-hydrogen) atoms. The van der Waals surface area contributed by atoms with E-state index < -0.39 is 0 Å². The molecule has 86 valence electrons. The van der Waals surface area contributed by atoms with E-state index in [1.165, 1.54) is 0 Å². The molecular weight excluding hydrogens is 212 g/mol. The van der Waals surface area contributed by atoms with Gasteiger partial charge in [0.25, 0.3) is 5.91 Å². The second kappa shape index (κ2) is 4.78. The lowest BCUT2D eigenvalue weighted by Crippen LogP contribution is -2.22. The molecule has 3 nitrogen and oxygen atoms in total. The third-order valence-corrected chi connectivity index (χ3v) is 2.50. The third kappa shape index (κ3) is 2.33. The van der Waals surface area contributed by atoms with E-state index in [1.54, 1.807) is 25.2 Å². The molecule has 1 amide bonds. The second-order valence-electron chi connectivity index (χ2n) is 3.96. The summed E-state index contributed by atoms with van der Waals surface area (Å²) in [7, 11) is 3.50. The zero-order valence-corrected chi connectivity index (χ0v) is 9.92. The van der Waals surface area contributed by atoms with E-state index in [-0.39, 0.29) is 5.91 Å². The number of carbonyl (C=O) groups is 1. The maximum absolute atomic E-state index is 12.0. The minimum Gasteiger partial charge on any atom is -0.345 e. The number of rotatable bonds is 2. The third-order valence-electron chi connectivity index (χ3n) is 2.50. The molecule has 0 spiro atoms. The Morgan fingerprint density at radius 3 is 2.41 bits per heavy atom. The second-order valence-corrected chi connectivity index (χ2v) is 3.96. The minimum absolute atomic E-state index is 0.00810. The molecule has 1 heterocycles. The van der Waals surface area contributed by atoms with Crippen molar-refractivity contribution in [3.63, 3.8) is 0 Å². The van der Waals surface area contributed by atoms with Crippen LogP contribution in [0.15, 0.2) is 48.7 Å². The lowest BCUT2D eigenvalue weighted by atomic mass is 10.0. The predicted octanol–water partition coefficient (Wildman–Crippen LogP) is 2.45. The molecular formula is C14H14N2O. The molecule has 0 radical (unpaired) electrons. The zero-order chi connectivity index (χ0) is 12.3. The van der Waals surface area contributed by atoms with Crippen molar-refractivity contribution >= 4 is 5.91 Å². The Morgan fingerprint density at radius 2 is 1.76 bits per heavy atom. The summed E-state index contributed by atoms with van der Waals surface area (Å²) in [5.74, 6) is -0.00810. The van der Waals surface area contributed by atoms with Crippen LogP contribution >= 0.6 is 0 Å². The van der Waals surface area contributed by atoms with Crippen LogP contribution in [0, 0.1) is 0 Å². The van der Waals surface area contributed by atoms with Gasteiger partial charge in [0.15, 0.2) is 0 Å². The van der Waals surface area contributed by atoms with Gasteiger partial charge in [-0.1, -0.05) is 24.3 Å². The van der Waals surface area contributed by atoms with Gasteiger partial charge in [0.05, 0.1) is 5.69 Å². The number of amides is 1. The van der Waals surface area contributed by atoms with Crippen molar-refractivity contribution in [2.75, 3.05) is 14.1 Å².